The minimum Gasteiger partial charge on any atom is -0.379 e. The van der Waals surface area contributed by atoms with Crippen LogP contribution in [0.1, 0.15) is 253 Å². The first-order chi connectivity index (χ1) is 28.5. The monoisotopic (exact) mass is 839 g/mol. The summed E-state index contributed by atoms with van der Waals surface area (Å²) in [4.78, 5) is 25.1. The van der Waals surface area contributed by atoms with E-state index in [9.17, 15) is 9.59 Å². The molecule has 0 radical (unpaired) electrons. The van der Waals surface area contributed by atoms with Gasteiger partial charge in [-0.25, -0.2) is 0 Å². The highest BCUT2D eigenvalue weighted by atomic mass is 16.5. The van der Waals surface area contributed by atoms with E-state index in [1.54, 1.807) is 7.11 Å². The van der Waals surface area contributed by atoms with E-state index < -0.39 is 0 Å². The van der Waals surface area contributed by atoms with Gasteiger partial charge in [-0.3, -0.25) is 9.59 Å². The average molecular weight is 839 g/mol. The minimum absolute atomic E-state index is 0.0293. The Morgan fingerprint density at radius 3 is 1.29 bits per heavy atom. The number of hydrogen-bond donors (Lipinski definition) is 2. The molecular formula is C51H102N2O6. The molecule has 8 heteroatoms. The third-order valence-corrected chi connectivity index (χ3v) is 12.0. The zero-order valence-corrected chi connectivity index (χ0v) is 40.6. The fraction of sp³-hybridized carbons (Fsp3) is 0.961. The molecule has 0 bridgehead atoms. The number of rotatable bonds is 47. The second kappa shape index (κ2) is 42.1. The van der Waals surface area contributed by atoms with Gasteiger partial charge >= 0.3 is 0 Å². The smallest absolute Gasteiger partial charge is 0.220 e. The molecule has 8 nitrogen and oxygen atoms in total. The number of carbonyl (C=O) groups is 2. The number of methoxy groups -OCH3 is 1. The summed E-state index contributed by atoms with van der Waals surface area (Å²) in [6.07, 6.45) is 40.3. The lowest BCUT2D eigenvalue weighted by Crippen LogP contribution is -2.35. The van der Waals surface area contributed by atoms with Gasteiger partial charge in [-0.05, 0) is 59.8 Å². The lowest BCUT2D eigenvalue weighted by atomic mass is 10.0. The normalized spacial score (nSPS) is 12.6. The van der Waals surface area contributed by atoms with Crippen molar-refractivity contribution in [1.29, 1.82) is 0 Å². The van der Waals surface area contributed by atoms with Crippen molar-refractivity contribution in [3.8, 4) is 0 Å². The lowest BCUT2D eigenvalue weighted by molar-refractivity contribution is -0.126. The molecule has 0 saturated heterocycles. The zero-order chi connectivity index (χ0) is 43.6. The third-order valence-electron chi connectivity index (χ3n) is 12.0. The van der Waals surface area contributed by atoms with Crippen LogP contribution in [0.25, 0.3) is 0 Å². The number of nitrogens with one attached hydrogen (secondary N) is 2. The van der Waals surface area contributed by atoms with Gasteiger partial charge in [0.25, 0.3) is 0 Å². The standard InChI is InChI=1S/C51H102N2O6/c1-8-10-12-14-16-18-20-22-24-26-28-30-32-34-43-57-46-47(58-44-35-33-31-29-27-25-23-21-19-17-15-13-11-9-2)38-41-52-48(54)36-37-49(55)53-42-39-51(5,6)59-45-40-50(3,4)56-7/h47H,8-46H2,1-7H3,(H,52,54)(H,53,55). The lowest BCUT2D eigenvalue weighted by Gasteiger charge is -2.29. The molecule has 0 aromatic heterocycles. The third kappa shape index (κ3) is 43.2. The SMILES string of the molecule is CCCCCCCCCCCCCCCCOCC(CCNC(=O)CCC(=O)NCCC(C)(C)OCCC(C)(C)OC)OCCCCCCCCCCCCCCCC. The number of amides is 2. The van der Waals surface area contributed by atoms with Crippen molar-refractivity contribution in [2.24, 2.45) is 0 Å². The van der Waals surface area contributed by atoms with Crippen LogP contribution in [-0.2, 0) is 28.5 Å². The number of hydrogen-bond acceptors (Lipinski definition) is 6. The van der Waals surface area contributed by atoms with Gasteiger partial charge in [-0.1, -0.05) is 181 Å². The van der Waals surface area contributed by atoms with E-state index in [2.05, 4.69) is 24.5 Å². The van der Waals surface area contributed by atoms with Gasteiger partial charge in [0.1, 0.15) is 0 Å². The number of carbonyl (C=O) groups excluding carboxylic acids is 2. The quantitative estimate of drug-likeness (QED) is 0.0593. The zero-order valence-electron chi connectivity index (χ0n) is 40.6. The van der Waals surface area contributed by atoms with E-state index in [0.717, 1.165) is 32.5 Å². The summed E-state index contributed by atoms with van der Waals surface area (Å²) in [6.45, 7) is 16.5. The van der Waals surface area contributed by atoms with Gasteiger partial charge in [0.2, 0.25) is 11.8 Å². The van der Waals surface area contributed by atoms with Crippen LogP contribution in [0.2, 0.25) is 0 Å². The molecule has 0 aromatic rings. The predicted molar refractivity (Wildman–Crippen MR) is 251 cm³/mol. The van der Waals surface area contributed by atoms with Crippen LogP contribution in [0.5, 0.6) is 0 Å². The van der Waals surface area contributed by atoms with E-state index in [4.69, 9.17) is 18.9 Å². The van der Waals surface area contributed by atoms with Crippen molar-refractivity contribution < 1.29 is 28.5 Å². The topological polar surface area (TPSA) is 95.1 Å². The minimum atomic E-state index is -0.352. The molecule has 352 valence electrons. The molecule has 0 heterocycles. The van der Waals surface area contributed by atoms with Crippen LogP contribution in [0, 0.1) is 0 Å². The Balaban J connectivity index is 4.31. The summed E-state index contributed by atoms with van der Waals surface area (Å²) >= 11 is 0. The van der Waals surface area contributed by atoms with Crippen LogP contribution in [0.3, 0.4) is 0 Å². The van der Waals surface area contributed by atoms with E-state index in [0.29, 0.717) is 39.1 Å². The van der Waals surface area contributed by atoms with Gasteiger partial charge < -0.3 is 29.6 Å². The first-order valence-electron chi connectivity index (χ1n) is 25.5. The first-order valence-corrected chi connectivity index (χ1v) is 25.5. The Morgan fingerprint density at radius 2 is 0.864 bits per heavy atom. The molecule has 2 N–H and O–H groups in total. The first kappa shape index (κ1) is 57.8. The highest BCUT2D eigenvalue weighted by Crippen LogP contribution is 2.19. The largest absolute Gasteiger partial charge is 0.379 e. The molecule has 0 rings (SSSR count). The Labute approximate surface area is 367 Å². The molecule has 0 aliphatic rings. The van der Waals surface area contributed by atoms with Gasteiger partial charge in [-0.15, -0.1) is 0 Å². The van der Waals surface area contributed by atoms with Crippen molar-refractivity contribution in [3.05, 3.63) is 0 Å². The molecule has 2 amide bonds. The molecule has 0 spiro atoms. The van der Waals surface area contributed by atoms with Crippen molar-refractivity contribution >= 4 is 11.8 Å². The predicted octanol–water partition coefficient (Wildman–Crippen LogP) is 13.8. The molecular weight excluding hydrogens is 737 g/mol. The van der Waals surface area contributed by atoms with Crippen LogP contribution >= 0.6 is 0 Å². The molecule has 0 aromatic carbocycles. The molecule has 0 aliphatic heterocycles. The Kier molecular flexibility index (Phi) is 41.2. The maximum absolute atomic E-state index is 12.6. The average Bonchev–Trinajstić information content (AvgIpc) is 3.20. The summed E-state index contributed by atoms with van der Waals surface area (Å²) in [5.41, 5.74) is -0.571. The van der Waals surface area contributed by atoms with Gasteiger partial charge in [0, 0.05) is 46.3 Å². The van der Waals surface area contributed by atoms with E-state index >= 15 is 0 Å². The number of unbranched alkanes of at least 4 members (excludes halogenated alkanes) is 26. The summed E-state index contributed by atoms with van der Waals surface area (Å²) in [5, 5.41) is 5.97. The maximum atomic E-state index is 12.6. The second-order valence-corrected chi connectivity index (χ2v) is 18.8. The van der Waals surface area contributed by atoms with E-state index in [1.807, 2.05) is 27.7 Å². The van der Waals surface area contributed by atoms with Crippen molar-refractivity contribution in [2.75, 3.05) is 46.6 Å². The molecule has 0 aliphatic carbocycles. The molecule has 1 unspecified atom stereocenters. The fourth-order valence-corrected chi connectivity index (χ4v) is 7.40. The fourth-order valence-electron chi connectivity index (χ4n) is 7.40. The summed E-state index contributed by atoms with van der Waals surface area (Å²) in [6, 6.07) is 0. The summed E-state index contributed by atoms with van der Waals surface area (Å²) < 4.78 is 23.9. The molecule has 0 saturated carbocycles. The second-order valence-electron chi connectivity index (χ2n) is 18.8. The Hall–Kier alpha value is -1.22. The molecule has 1 atom stereocenters. The van der Waals surface area contributed by atoms with Crippen LogP contribution in [0.4, 0.5) is 0 Å². The Morgan fingerprint density at radius 1 is 0.475 bits per heavy atom. The maximum Gasteiger partial charge on any atom is 0.220 e. The van der Waals surface area contributed by atoms with Crippen LogP contribution < -0.4 is 10.6 Å². The van der Waals surface area contributed by atoms with E-state index in [-0.39, 0.29) is 42.0 Å². The van der Waals surface area contributed by atoms with E-state index in [1.165, 1.54) is 167 Å². The molecule has 0 fully saturated rings. The Bertz CT molecular complexity index is 913. The van der Waals surface area contributed by atoms with Crippen LogP contribution in [0.15, 0.2) is 0 Å². The van der Waals surface area contributed by atoms with Gasteiger partial charge in [-0.2, -0.15) is 0 Å². The van der Waals surface area contributed by atoms with Crippen molar-refractivity contribution in [3.63, 3.8) is 0 Å². The highest BCUT2D eigenvalue weighted by Gasteiger charge is 2.22. The van der Waals surface area contributed by atoms with Gasteiger partial charge in [0.15, 0.2) is 0 Å². The van der Waals surface area contributed by atoms with Crippen molar-refractivity contribution in [1.82, 2.24) is 10.6 Å². The summed E-state index contributed by atoms with van der Waals surface area (Å²) in [5.74, 6) is -0.207. The van der Waals surface area contributed by atoms with Crippen molar-refractivity contribution in [2.45, 2.75) is 271 Å². The number of ether oxygens (including phenoxy) is 4. The summed E-state index contributed by atoms with van der Waals surface area (Å²) in [7, 11) is 1.71. The highest BCUT2D eigenvalue weighted by molar-refractivity contribution is 5.83. The van der Waals surface area contributed by atoms with Gasteiger partial charge in [0.05, 0.1) is 30.5 Å². The van der Waals surface area contributed by atoms with Crippen LogP contribution in [-0.4, -0.2) is 75.7 Å². The molecule has 59 heavy (non-hydrogen) atoms.